The summed E-state index contributed by atoms with van der Waals surface area (Å²) in [5.74, 6) is 0.533. The normalized spacial score (nSPS) is 11.9. The van der Waals surface area contributed by atoms with Gasteiger partial charge in [-0.25, -0.2) is 4.98 Å². The van der Waals surface area contributed by atoms with E-state index in [2.05, 4.69) is 20.5 Å². The Morgan fingerprint density at radius 1 is 1.13 bits per heavy atom. The zero-order valence-corrected chi connectivity index (χ0v) is 12.8. The van der Waals surface area contributed by atoms with Crippen molar-refractivity contribution in [1.82, 2.24) is 25.1 Å². The number of carbonyl (C=O) groups excluding carboxylic acids is 1. The van der Waals surface area contributed by atoms with Gasteiger partial charge in [0.25, 0.3) is 5.91 Å². The fourth-order valence-electron chi connectivity index (χ4n) is 2.34. The van der Waals surface area contributed by atoms with Crippen LogP contribution in [-0.4, -0.2) is 25.7 Å². The van der Waals surface area contributed by atoms with Crippen LogP contribution < -0.4 is 5.32 Å². The van der Waals surface area contributed by atoms with E-state index in [1.807, 2.05) is 37.3 Å². The second-order valence-corrected chi connectivity index (χ2v) is 5.12. The maximum Gasteiger partial charge on any atom is 0.253 e. The van der Waals surface area contributed by atoms with Gasteiger partial charge in [-0.05, 0) is 24.1 Å². The number of nitrogens with one attached hydrogen (secondary N) is 1. The maximum atomic E-state index is 12.4. The summed E-state index contributed by atoms with van der Waals surface area (Å²) >= 11 is 0. The molecule has 2 aromatic heterocycles. The Kier molecular flexibility index (Phi) is 4.42. The fraction of sp³-hybridized carbons (Fsp3) is 0.176. The Morgan fingerprint density at radius 2 is 1.87 bits per heavy atom. The monoisotopic (exact) mass is 307 g/mol. The van der Waals surface area contributed by atoms with Gasteiger partial charge in [-0.1, -0.05) is 37.3 Å². The lowest BCUT2D eigenvalue weighted by atomic mass is 10.0. The molecule has 0 aliphatic heterocycles. The number of carbonyl (C=O) groups is 1. The van der Waals surface area contributed by atoms with E-state index >= 15 is 0 Å². The average molecular weight is 307 g/mol. The fourth-order valence-corrected chi connectivity index (χ4v) is 2.34. The minimum absolute atomic E-state index is 0.0128. The van der Waals surface area contributed by atoms with Crippen LogP contribution in [0.4, 0.5) is 0 Å². The van der Waals surface area contributed by atoms with Gasteiger partial charge in [0.1, 0.15) is 18.5 Å². The molecule has 3 aromatic rings. The van der Waals surface area contributed by atoms with E-state index in [0.29, 0.717) is 11.4 Å². The Hall–Kier alpha value is -3.02. The Morgan fingerprint density at radius 3 is 2.48 bits per heavy atom. The molecule has 0 aliphatic rings. The molecule has 1 atom stereocenters. The molecule has 0 aliphatic carbocycles. The minimum atomic E-state index is -0.136. The van der Waals surface area contributed by atoms with Gasteiger partial charge in [-0.15, -0.1) is 10.2 Å². The third-order valence-electron chi connectivity index (χ3n) is 3.61. The van der Waals surface area contributed by atoms with Gasteiger partial charge in [-0.2, -0.15) is 0 Å². The molecule has 1 unspecified atom stereocenters. The lowest BCUT2D eigenvalue weighted by molar-refractivity contribution is 0.0935. The molecule has 0 saturated carbocycles. The first-order valence-corrected chi connectivity index (χ1v) is 7.45. The van der Waals surface area contributed by atoms with Crippen molar-refractivity contribution in [1.29, 1.82) is 0 Å². The summed E-state index contributed by atoms with van der Waals surface area (Å²) in [6.45, 7) is 2.05. The quantitative estimate of drug-likeness (QED) is 0.786. The van der Waals surface area contributed by atoms with Crippen LogP contribution in [0.25, 0.3) is 5.82 Å². The molecule has 1 N–H and O–H groups in total. The Bertz CT molecular complexity index is 753. The molecule has 6 nitrogen and oxygen atoms in total. The van der Waals surface area contributed by atoms with Gasteiger partial charge in [-0.3, -0.25) is 9.36 Å². The number of benzene rings is 1. The summed E-state index contributed by atoms with van der Waals surface area (Å²) < 4.78 is 1.68. The smallest absolute Gasteiger partial charge is 0.253 e. The first kappa shape index (κ1) is 14.9. The molecule has 23 heavy (non-hydrogen) atoms. The van der Waals surface area contributed by atoms with E-state index in [4.69, 9.17) is 0 Å². The molecule has 0 fully saturated rings. The third kappa shape index (κ3) is 3.42. The maximum absolute atomic E-state index is 12.4. The summed E-state index contributed by atoms with van der Waals surface area (Å²) in [7, 11) is 0. The van der Waals surface area contributed by atoms with Crippen LogP contribution in [0.1, 0.15) is 35.3 Å². The van der Waals surface area contributed by atoms with E-state index in [1.54, 1.807) is 35.6 Å². The Balaban J connectivity index is 1.72. The van der Waals surface area contributed by atoms with Crippen molar-refractivity contribution in [3.63, 3.8) is 0 Å². The number of rotatable bonds is 5. The number of hydrogen-bond acceptors (Lipinski definition) is 4. The molecule has 2 heterocycles. The van der Waals surface area contributed by atoms with Crippen LogP contribution in [0.2, 0.25) is 0 Å². The predicted molar refractivity (Wildman–Crippen MR) is 86.1 cm³/mol. The molecule has 0 spiro atoms. The van der Waals surface area contributed by atoms with E-state index in [1.165, 1.54) is 0 Å². The van der Waals surface area contributed by atoms with Crippen LogP contribution in [0.5, 0.6) is 0 Å². The second-order valence-electron chi connectivity index (χ2n) is 5.12. The summed E-state index contributed by atoms with van der Waals surface area (Å²) in [6.07, 6.45) is 5.50. The molecule has 3 rings (SSSR count). The number of amides is 1. The molecule has 0 radical (unpaired) electrons. The highest BCUT2D eigenvalue weighted by atomic mass is 16.1. The van der Waals surface area contributed by atoms with Gasteiger partial charge in [0.2, 0.25) is 0 Å². The van der Waals surface area contributed by atoms with E-state index < -0.39 is 0 Å². The van der Waals surface area contributed by atoms with Crippen LogP contribution in [0.15, 0.2) is 61.3 Å². The highest BCUT2D eigenvalue weighted by Crippen LogP contribution is 2.16. The van der Waals surface area contributed by atoms with Crippen molar-refractivity contribution in [2.75, 3.05) is 0 Å². The van der Waals surface area contributed by atoms with Crippen LogP contribution in [-0.2, 0) is 0 Å². The third-order valence-corrected chi connectivity index (χ3v) is 3.61. The van der Waals surface area contributed by atoms with Crippen LogP contribution >= 0.6 is 0 Å². The minimum Gasteiger partial charge on any atom is -0.345 e. The SMILES string of the molecule is CCC(NC(=O)c1ccc(-n2cnnc2)nc1)c1ccccc1. The number of hydrogen-bond donors (Lipinski definition) is 1. The molecule has 116 valence electrons. The number of nitrogens with zero attached hydrogens (tertiary/aromatic N) is 4. The average Bonchev–Trinajstić information content (AvgIpc) is 3.15. The van der Waals surface area contributed by atoms with Crippen molar-refractivity contribution in [3.8, 4) is 5.82 Å². The summed E-state index contributed by atoms with van der Waals surface area (Å²) in [5.41, 5.74) is 1.62. The molecular weight excluding hydrogens is 290 g/mol. The van der Waals surface area contributed by atoms with E-state index in [0.717, 1.165) is 12.0 Å². The largest absolute Gasteiger partial charge is 0.345 e. The van der Waals surface area contributed by atoms with Crippen molar-refractivity contribution < 1.29 is 4.79 Å². The van der Waals surface area contributed by atoms with Gasteiger partial charge in [0.15, 0.2) is 0 Å². The van der Waals surface area contributed by atoms with Gasteiger partial charge in [0, 0.05) is 6.20 Å². The first-order valence-electron chi connectivity index (χ1n) is 7.45. The van der Waals surface area contributed by atoms with Gasteiger partial charge < -0.3 is 5.32 Å². The molecule has 0 saturated heterocycles. The van der Waals surface area contributed by atoms with E-state index in [-0.39, 0.29) is 11.9 Å². The summed E-state index contributed by atoms with van der Waals surface area (Å²) in [4.78, 5) is 16.7. The van der Waals surface area contributed by atoms with Crippen molar-refractivity contribution in [2.24, 2.45) is 0 Å². The highest BCUT2D eigenvalue weighted by molar-refractivity contribution is 5.94. The number of pyridine rings is 1. The number of aromatic nitrogens is 4. The standard InChI is InChI=1S/C17H17N5O/c1-2-15(13-6-4-3-5-7-13)21-17(23)14-8-9-16(18-10-14)22-11-19-20-12-22/h3-12,15H,2H2,1H3,(H,21,23). The van der Waals surface area contributed by atoms with E-state index in [9.17, 15) is 4.79 Å². The summed E-state index contributed by atoms with van der Waals surface area (Å²) in [6, 6.07) is 13.4. The van der Waals surface area contributed by atoms with Crippen molar-refractivity contribution in [2.45, 2.75) is 19.4 Å². The molecule has 0 bridgehead atoms. The molecule has 1 amide bonds. The first-order chi connectivity index (χ1) is 11.3. The second kappa shape index (κ2) is 6.83. The van der Waals surface area contributed by atoms with Gasteiger partial charge in [0.05, 0.1) is 11.6 Å². The zero-order valence-electron chi connectivity index (χ0n) is 12.8. The Labute approximate surface area is 134 Å². The molecule has 6 heteroatoms. The van der Waals surface area contributed by atoms with Gasteiger partial charge >= 0.3 is 0 Å². The van der Waals surface area contributed by atoms with Crippen molar-refractivity contribution >= 4 is 5.91 Å². The topological polar surface area (TPSA) is 72.7 Å². The summed E-state index contributed by atoms with van der Waals surface area (Å²) in [5, 5.41) is 10.5. The predicted octanol–water partition coefficient (Wildman–Crippen LogP) is 2.54. The van der Waals surface area contributed by atoms with Crippen LogP contribution in [0.3, 0.4) is 0 Å². The molecule has 1 aromatic carbocycles. The lowest BCUT2D eigenvalue weighted by Crippen LogP contribution is -2.28. The highest BCUT2D eigenvalue weighted by Gasteiger charge is 2.14. The van der Waals surface area contributed by atoms with Crippen LogP contribution in [0, 0.1) is 0 Å². The lowest BCUT2D eigenvalue weighted by Gasteiger charge is -2.17. The zero-order chi connectivity index (χ0) is 16.1. The molecular formula is C17H17N5O. The van der Waals surface area contributed by atoms with Crippen molar-refractivity contribution in [3.05, 3.63) is 72.4 Å².